The van der Waals surface area contributed by atoms with Crippen molar-refractivity contribution in [3.05, 3.63) is 78.4 Å². The Morgan fingerprint density at radius 2 is 1.70 bits per heavy atom. The highest BCUT2D eigenvalue weighted by atomic mass is 16.5. The Labute approximate surface area is 158 Å². The van der Waals surface area contributed by atoms with Crippen LogP contribution in [-0.2, 0) is 16.1 Å². The fourth-order valence-corrected chi connectivity index (χ4v) is 2.21. The largest absolute Gasteiger partial charge is 0.489 e. The van der Waals surface area contributed by atoms with E-state index in [4.69, 9.17) is 4.74 Å². The zero-order chi connectivity index (χ0) is 19.3. The molecule has 2 amide bonds. The minimum Gasteiger partial charge on any atom is -0.489 e. The maximum atomic E-state index is 11.8. The molecule has 6 nitrogen and oxygen atoms in total. The molecule has 0 radical (unpaired) electrons. The lowest BCUT2D eigenvalue weighted by molar-refractivity contribution is -0.126. The van der Waals surface area contributed by atoms with E-state index >= 15 is 0 Å². The minimum atomic E-state index is -0.328. The third-order valence-corrected chi connectivity index (χ3v) is 3.58. The van der Waals surface area contributed by atoms with Gasteiger partial charge >= 0.3 is 0 Å². The molecule has 0 aliphatic carbocycles. The average molecular weight is 365 g/mol. The fourth-order valence-electron chi connectivity index (χ4n) is 2.21. The summed E-state index contributed by atoms with van der Waals surface area (Å²) in [5.74, 6) is 0.141. The molecule has 2 rings (SSSR count). The van der Waals surface area contributed by atoms with Gasteiger partial charge in [0.05, 0.1) is 6.21 Å². The molecule has 0 saturated carbocycles. The molecule has 0 aliphatic rings. The summed E-state index contributed by atoms with van der Waals surface area (Å²) in [5, 5.41) is 6.70. The van der Waals surface area contributed by atoms with Gasteiger partial charge < -0.3 is 10.1 Å². The van der Waals surface area contributed by atoms with Crippen LogP contribution in [0.15, 0.2) is 72.4 Å². The van der Waals surface area contributed by atoms with Gasteiger partial charge in [0.2, 0.25) is 11.8 Å². The maximum absolute atomic E-state index is 11.8. The van der Waals surface area contributed by atoms with E-state index in [-0.39, 0.29) is 24.7 Å². The summed E-state index contributed by atoms with van der Waals surface area (Å²) >= 11 is 0. The fraction of sp³-hybridized carbons (Fsp3) is 0.190. The van der Waals surface area contributed by atoms with Gasteiger partial charge in [-0.15, -0.1) is 0 Å². The summed E-state index contributed by atoms with van der Waals surface area (Å²) in [6.07, 6.45) is 3.32. The molecule has 2 aromatic rings. The number of carbonyl (C=O) groups is 2. The van der Waals surface area contributed by atoms with E-state index in [0.717, 1.165) is 11.1 Å². The van der Waals surface area contributed by atoms with Crippen LogP contribution in [0.25, 0.3) is 0 Å². The molecule has 2 aromatic carbocycles. The van der Waals surface area contributed by atoms with Crippen molar-refractivity contribution in [2.75, 3.05) is 6.61 Å². The summed E-state index contributed by atoms with van der Waals surface area (Å²) in [4.78, 5) is 23.6. The highest BCUT2D eigenvalue weighted by Crippen LogP contribution is 2.15. The summed E-state index contributed by atoms with van der Waals surface area (Å²) in [6.45, 7) is 4.44. The van der Waals surface area contributed by atoms with Crippen molar-refractivity contribution in [1.29, 1.82) is 0 Å². The molecule has 27 heavy (non-hydrogen) atoms. The highest BCUT2D eigenvalue weighted by Gasteiger charge is 2.06. The van der Waals surface area contributed by atoms with Gasteiger partial charge in [0.1, 0.15) is 12.4 Å². The van der Waals surface area contributed by atoms with E-state index in [0.29, 0.717) is 18.9 Å². The van der Waals surface area contributed by atoms with Gasteiger partial charge in [-0.1, -0.05) is 55.1 Å². The molecule has 0 bridgehead atoms. The first-order chi connectivity index (χ1) is 13.2. The van der Waals surface area contributed by atoms with Crippen molar-refractivity contribution >= 4 is 18.0 Å². The lowest BCUT2D eigenvalue weighted by Gasteiger charge is -2.06. The van der Waals surface area contributed by atoms with Crippen LogP contribution in [0.2, 0.25) is 0 Å². The monoisotopic (exact) mass is 365 g/mol. The van der Waals surface area contributed by atoms with Crippen molar-refractivity contribution in [3.8, 4) is 5.75 Å². The molecule has 0 atom stereocenters. The summed E-state index contributed by atoms with van der Waals surface area (Å²) in [6, 6.07) is 16.9. The van der Waals surface area contributed by atoms with Gasteiger partial charge in [-0.25, -0.2) is 5.43 Å². The number of para-hydroxylation sites is 1. The van der Waals surface area contributed by atoms with Crippen molar-refractivity contribution in [3.63, 3.8) is 0 Å². The zero-order valence-electron chi connectivity index (χ0n) is 15.1. The highest BCUT2D eigenvalue weighted by molar-refractivity contribution is 5.86. The number of carbonyl (C=O) groups excluding carboxylic acids is 2. The predicted molar refractivity (Wildman–Crippen MR) is 105 cm³/mol. The van der Waals surface area contributed by atoms with Crippen molar-refractivity contribution < 1.29 is 14.3 Å². The number of hydrogen-bond acceptors (Lipinski definition) is 4. The first kappa shape index (κ1) is 19.9. The number of ether oxygens (including phenoxy) is 1. The molecule has 2 N–H and O–H groups in total. The number of amides is 2. The summed E-state index contributed by atoms with van der Waals surface area (Å²) < 4.78 is 5.51. The van der Waals surface area contributed by atoms with Gasteiger partial charge in [0.15, 0.2) is 0 Å². The van der Waals surface area contributed by atoms with Crippen molar-refractivity contribution in [2.45, 2.75) is 19.4 Å². The van der Waals surface area contributed by atoms with Gasteiger partial charge in [-0.05, 0) is 17.7 Å². The zero-order valence-corrected chi connectivity index (χ0v) is 15.1. The van der Waals surface area contributed by atoms with Gasteiger partial charge in [-0.2, -0.15) is 5.10 Å². The molecule has 140 valence electrons. The number of hydrogen-bond donors (Lipinski definition) is 2. The molecule has 0 fully saturated rings. The van der Waals surface area contributed by atoms with E-state index in [1.807, 2.05) is 54.6 Å². The van der Waals surface area contributed by atoms with Crippen LogP contribution in [0.5, 0.6) is 5.75 Å². The first-order valence-corrected chi connectivity index (χ1v) is 8.64. The smallest absolute Gasteiger partial charge is 0.240 e. The van der Waals surface area contributed by atoms with Gasteiger partial charge in [-0.3, -0.25) is 9.59 Å². The molecule has 0 aliphatic heterocycles. The van der Waals surface area contributed by atoms with E-state index < -0.39 is 0 Å². The Hall–Kier alpha value is -3.41. The normalized spacial score (nSPS) is 10.4. The number of rotatable bonds is 10. The van der Waals surface area contributed by atoms with Crippen molar-refractivity contribution in [2.24, 2.45) is 5.10 Å². The van der Waals surface area contributed by atoms with Crippen LogP contribution in [0.3, 0.4) is 0 Å². The second-order valence-electron chi connectivity index (χ2n) is 5.69. The standard InChI is InChI=1S/C21H23N3O3/c1-2-14-27-19-11-7-6-10-18(19)16-23-24-21(26)13-12-20(25)22-15-17-8-4-3-5-9-17/h2-11,16H,1,12-15H2,(H,22,25)(H,24,26)/b23-16+. The quantitative estimate of drug-likeness (QED) is 0.386. The van der Waals surface area contributed by atoms with Crippen molar-refractivity contribution in [1.82, 2.24) is 10.7 Å². The second-order valence-corrected chi connectivity index (χ2v) is 5.69. The Morgan fingerprint density at radius 3 is 2.48 bits per heavy atom. The lowest BCUT2D eigenvalue weighted by Crippen LogP contribution is -2.25. The third-order valence-electron chi connectivity index (χ3n) is 3.58. The molecular formula is C21H23N3O3. The Bertz CT molecular complexity index is 788. The molecule has 0 spiro atoms. The second kappa shape index (κ2) is 11.3. The van der Waals surface area contributed by atoms with Gasteiger partial charge in [0, 0.05) is 24.9 Å². The summed E-state index contributed by atoms with van der Waals surface area (Å²) in [7, 11) is 0. The van der Waals surface area contributed by atoms with Gasteiger partial charge in [0.25, 0.3) is 0 Å². The lowest BCUT2D eigenvalue weighted by atomic mass is 10.2. The van der Waals surface area contributed by atoms with E-state index in [1.54, 1.807) is 6.08 Å². The summed E-state index contributed by atoms with van der Waals surface area (Å²) in [5.41, 5.74) is 4.17. The predicted octanol–water partition coefficient (Wildman–Crippen LogP) is 2.80. The van der Waals surface area contributed by atoms with Crippen LogP contribution in [-0.4, -0.2) is 24.6 Å². The molecule has 0 aromatic heterocycles. The van der Waals surface area contributed by atoms with Crippen LogP contribution in [0.4, 0.5) is 0 Å². The SMILES string of the molecule is C=CCOc1ccccc1/C=N/NC(=O)CCC(=O)NCc1ccccc1. The Balaban J connectivity index is 1.72. The first-order valence-electron chi connectivity index (χ1n) is 8.64. The maximum Gasteiger partial charge on any atom is 0.240 e. The number of nitrogens with one attached hydrogen (secondary N) is 2. The van der Waals surface area contributed by atoms with Crippen LogP contribution in [0.1, 0.15) is 24.0 Å². The number of hydrazone groups is 1. The van der Waals surface area contributed by atoms with Crippen LogP contribution in [0, 0.1) is 0 Å². The minimum absolute atomic E-state index is 0.0621. The topological polar surface area (TPSA) is 79.8 Å². The van der Waals surface area contributed by atoms with E-state index in [1.165, 1.54) is 6.21 Å². The van der Waals surface area contributed by atoms with E-state index in [9.17, 15) is 9.59 Å². The third kappa shape index (κ3) is 7.56. The average Bonchev–Trinajstić information content (AvgIpc) is 2.70. The Kier molecular flexibility index (Phi) is 8.30. The van der Waals surface area contributed by atoms with Crippen LogP contribution >= 0.6 is 0 Å². The molecule has 0 saturated heterocycles. The number of nitrogens with zero attached hydrogens (tertiary/aromatic N) is 1. The Morgan fingerprint density at radius 1 is 1.00 bits per heavy atom. The molecule has 0 unspecified atom stereocenters. The van der Waals surface area contributed by atoms with E-state index in [2.05, 4.69) is 22.4 Å². The molecular weight excluding hydrogens is 342 g/mol. The molecule has 6 heteroatoms. The molecule has 0 heterocycles. The van der Waals surface area contributed by atoms with Crippen LogP contribution < -0.4 is 15.5 Å². The number of benzene rings is 2.